The van der Waals surface area contributed by atoms with Gasteiger partial charge in [-0.05, 0) is 55.5 Å². The second-order valence-electron chi connectivity index (χ2n) is 7.87. The third kappa shape index (κ3) is 5.76. The summed E-state index contributed by atoms with van der Waals surface area (Å²) in [6.07, 6.45) is 6.41. The van der Waals surface area contributed by atoms with Gasteiger partial charge in [0.2, 0.25) is 5.91 Å². The van der Waals surface area contributed by atoms with Crippen LogP contribution in [-0.4, -0.2) is 24.4 Å². The lowest BCUT2D eigenvalue weighted by Crippen LogP contribution is -2.36. The van der Waals surface area contributed by atoms with Crippen molar-refractivity contribution < 1.29 is 9.59 Å². The monoisotopic (exact) mass is 427 g/mol. The molecule has 0 aliphatic heterocycles. The first-order valence-corrected chi connectivity index (χ1v) is 11.1. The number of carbonyl (C=O) groups excluding carboxylic acids is 2. The number of para-hydroxylation sites is 1. The van der Waals surface area contributed by atoms with Gasteiger partial charge in [0.1, 0.15) is 0 Å². The lowest BCUT2D eigenvalue weighted by Gasteiger charge is -2.23. The number of anilines is 2. The van der Waals surface area contributed by atoms with Crippen molar-refractivity contribution in [3.63, 3.8) is 0 Å². The molecule has 160 valence electrons. The quantitative estimate of drug-likeness (QED) is 0.559. The van der Waals surface area contributed by atoms with Crippen LogP contribution in [0.5, 0.6) is 0 Å². The van der Waals surface area contributed by atoms with E-state index in [9.17, 15) is 9.59 Å². The van der Waals surface area contributed by atoms with Gasteiger partial charge in [-0.2, -0.15) is 0 Å². The molecule has 0 atom stereocenters. The third-order valence-electron chi connectivity index (χ3n) is 5.61. The molecule has 1 aliphatic carbocycles. The molecule has 3 rings (SSSR count). The van der Waals surface area contributed by atoms with Crippen LogP contribution in [0, 0.1) is 6.92 Å². The maximum atomic E-state index is 12.7. The molecule has 0 heterocycles. The SMILES string of the molecule is CCc1cccc(C)c1NC(=O)CNc1ccc(Cl)c(C(=O)NC2CCCCC2)c1. The van der Waals surface area contributed by atoms with E-state index in [1.807, 2.05) is 25.1 Å². The van der Waals surface area contributed by atoms with Gasteiger partial charge in [-0.15, -0.1) is 0 Å². The first kappa shape index (κ1) is 22.2. The first-order valence-electron chi connectivity index (χ1n) is 10.7. The molecule has 2 aromatic rings. The number of benzene rings is 2. The Morgan fingerprint density at radius 1 is 1.10 bits per heavy atom. The van der Waals surface area contributed by atoms with E-state index in [-0.39, 0.29) is 24.4 Å². The second kappa shape index (κ2) is 10.5. The Balaban J connectivity index is 1.61. The van der Waals surface area contributed by atoms with Gasteiger partial charge < -0.3 is 16.0 Å². The van der Waals surface area contributed by atoms with Crippen LogP contribution in [0.1, 0.15) is 60.5 Å². The number of aryl methyl sites for hydroxylation is 2. The van der Waals surface area contributed by atoms with Crippen molar-refractivity contribution in [1.29, 1.82) is 0 Å². The van der Waals surface area contributed by atoms with E-state index < -0.39 is 0 Å². The van der Waals surface area contributed by atoms with Crippen molar-refractivity contribution >= 4 is 34.8 Å². The van der Waals surface area contributed by atoms with Crippen LogP contribution >= 0.6 is 11.6 Å². The first-order chi connectivity index (χ1) is 14.5. The molecular formula is C24H30ClN3O2. The predicted molar refractivity (Wildman–Crippen MR) is 123 cm³/mol. The summed E-state index contributed by atoms with van der Waals surface area (Å²) in [5, 5.41) is 9.59. The number of rotatable bonds is 7. The summed E-state index contributed by atoms with van der Waals surface area (Å²) in [4.78, 5) is 25.1. The Hall–Kier alpha value is -2.53. The Kier molecular flexibility index (Phi) is 7.75. The Morgan fingerprint density at radius 2 is 1.87 bits per heavy atom. The molecule has 1 fully saturated rings. The fourth-order valence-electron chi connectivity index (χ4n) is 3.89. The Morgan fingerprint density at radius 3 is 2.60 bits per heavy atom. The van der Waals surface area contributed by atoms with Crippen molar-refractivity contribution in [1.82, 2.24) is 5.32 Å². The maximum absolute atomic E-state index is 12.7. The molecule has 1 saturated carbocycles. The minimum Gasteiger partial charge on any atom is -0.376 e. The highest BCUT2D eigenvalue weighted by Crippen LogP contribution is 2.23. The maximum Gasteiger partial charge on any atom is 0.253 e. The molecule has 0 saturated heterocycles. The topological polar surface area (TPSA) is 70.2 Å². The van der Waals surface area contributed by atoms with Crippen molar-refractivity contribution in [3.05, 3.63) is 58.1 Å². The fraction of sp³-hybridized carbons (Fsp3) is 0.417. The zero-order valence-corrected chi connectivity index (χ0v) is 18.4. The van der Waals surface area contributed by atoms with E-state index in [1.165, 1.54) is 6.42 Å². The summed E-state index contributed by atoms with van der Waals surface area (Å²) in [6.45, 7) is 4.15. The molecule has 5 nitrogen and oxygen atoms in total. The average Bonchev–Trinajstić information content (AvgIpc) is 2.75. The fourth-order valence-corrected chi connectivity index (χ4v) is 4.09. The summed E-state index contributed by atoms with van der Waals surface area (Å²) in [7, 11) is 0. The molecule has 2 amide bonds. The minimum atomic E-state index is -0.160. The zero-order valence-electron chi connectivity index (χ0n) is 17.7. The summed E-state index contributed by atoms with van der Waals surface area (Å²) in [5.41, 5.74) is 4.13. The highest BCUT2D eigenvalue weighted by atomic mass is 35.5. The molecule has 0 unspecified atom stereocenters. The standard InChI is InChI=1S/C24H30ClN3O2/c1-3-17-9-7-8-16(2)23(17)28-22(29)15-26-19-12-13-21(25)20(14-19)24(30)27-18-10-5-4-6-11-18/h7-9,12-14,18,26H,3-6,10-11,15H2,1-2H3,(H,27,30)(H,28,29). The number of carbonyl (C=O) groups is 2. The number of hydrogen-bond donors (Lipinski definition) is 3. The molecular weight excluding hydrogens is 398 g/mol. The Labute approximate surface area is 183 Å². The molecule has 2 aromatic carbocycles. The van der Waals surface area contributed by atoms with E-state index in [0.29, 0.717) is 16.3 Å². The second-order valence-corrected chi connectivity index (χ2v) is 8.27. The van der Waals surface area contributed by atoms with Crippen LogP contribution in [0.2, 0.25) is 5.02 Å². The lowest BCUT2D eigenvalue weighted by atomic mass is 9.95. The highest BCUT2D eigenvalue weighted by Gasteiger charge is 2.19. The summed E-state index contributed by atoms with van der Waals surface area (Å²) in [5.74, 6) is -0.297. The molecule has 30 heavy (non-hydrogen) atoms. The van der Waals surface area contributed by atoms with Gasteiger partial charge in [-0.25, -0.2) is 0 Å². The molecule has 1 aliphatic rings. The molecule has 3 N–H and O–H groups in total. The van der Waals surface area contributed by atoms with E-state index in [1.54, 1.807) is 18.2 Å². The number of amides is 2. The van der Waals surface area contributed by atoms with Crippen molar-refractivity contribution in [3.8, 4) is 0 Å². The third-order valence-corrected chi connectivity index (χ3v) is 5.94. The van der Waals surface area contributed by atoms with Gasteiger partial charge in [0.05, 0.1) is 17.1 Å². The van der Waals surface area contributed by atoms with Crippen molar-refractivity contribution in [2.24, 2.45) is 0 Å². The van der Waals surface area contributed by atoms with Gasteiger partial charge in [0, 0.05) is 17.4 Å². The molecule has 0 radical (unpaired) electrons. The summed E-state index contributed by atoms with van der Waals surface area (Å²) < 4.78 is 0. The summed E-state index contributed by atoms with van der Waals surface area (Å²) >= 11 is 6.26. The van der Waals surface area contributed by atoms with Gasteiger partial charge in [0.15, 0.2) is 0 Å². The minimum absolute atomic E-state index is 0.100. The number of nitrogens with one attached hydrogen (secondary N) is 3. The van der Waals surface area contributed by atoms with Gasteiger partial charge in [-0.3, -0.25) is 9.59 Å². The van der Waals surface area contributed by atoms with Crippen LogP contribution in [0.4, 0.5) is 11.4 Å². The van der Waals surface area contributed by atoms with Crippen molar-refractivity contribution in [2.75, 3.05) is 17.2 Å². The largest absolute Gasteiger partial charge is 0.376 e. The van der Waals surface area contributed by atoms with E-state index >= 15 is 0 Å². The lowest BCUT2D eigenvalue weighted by molar-refractivity contribution is -0.114. The molecule has 0 spiro atoms. The van der Waals surface area contributed by atoms with Crippen LogP contribution in [-0.2, 0) is 11.2 Å². The number of hydrogen-bond acceptors (Lipinski definition) is 3. The highest BCUT2D eigenvalue weighted by molar-refractivity contribution is 6.34. The van der Waals surface area contributed by atoms with Crippen molar-refractivity contribution in [2.45, 2.75) is 58.4 Å². The van der Waals surface area contributed by atoms with Crippen LogP contribution in [0.3, 0.4) is 0 Å². The molecule has 0 bridgehead atoms. The van der Waals surface area contributed by atoms with Gasteiger partial charge >= 0.3 is 0 Å². The van der Waals surface area contributed by atoms with Crippen LogP contribution in [0.15, 0.2) is 36.4 Å². The smallest absolute Gasteiger partial charge is 0.253 e. The van der Waals surface area contributed by atoms with Crippen LogP contribution in [0.25, 0.3) is 0 Å². The Bertz CT molecular complexity index is 907. The van der Waals surface area contributed by atoms with Gasteiger partial charge in [-0.1, -0.05) is 56.0 Å². The molecule has 0 aromatic heterocycles. The molecule has 6 heteroatoms. The van der Waals surface area contributed by atoms with E-state index in [0.717, 1.165) is 48.9 Å². The van der Waals surface area contributed by atoms with Gasteiger partial charge in [0.25, 0.3) is 5.91 Å². The normalized spacial score (nSPS) is 14.2. The number of halogens is 1. The average molecular weight is 428 g/mol. The van der Waals surface area contributed by atoms with E-state index in [4.69, 9.17) is 11.6 Å². The van der Waals surface area contributed by atoms with E-state index in [2.05, 4.69) is 22.9 Å². The summed E-state index contributed by atoms with van der Waals surface area (Å²) in [6, 6.07) is 11.4. The zero-order chi connectivity index (χ0) is 21.5. The van der Waals surface area contributed by atoms with Crippen LogP contribution < -0.4 is 16.0 Å². The predicted octanol–water partition coefficient (Wildman–Crippen LogP) is 5.32.